The Bertz CT molecular complexity index is 487. The molecule has 3 heterocycles. The first-order chi connectivity index (χ1) is 9.08. The summed E-state index contributed by atoms with van der Waals surface area (Å²) in [5.74, 6) is 0.632. The molecule has 0 aliphatic carbocycles. The van der Waals surface area contributed by atoms with Gasteiger partial charge in [-0.15, -0.1) is 0 Å². The van der Waals surface area contributed by atoms with Crippen molar-refractivity contribution in [2.45, 2.75) is 25.4 Å². The van der Waals surface area contributed by atoms with Crippen molar-refractivity contribution < 1.29 is 14.4 Å². The molecule has 2 atom stereocenters. The standard InChI is InChI=1S/C13H19N3O3/c1-9-6-11(15-19-9)12(17)16-5-3-13(18)2-4-14-7-10(13)8-16/h6,10,14,18H,2-5,7-8H2,1H3/t10-,13-/m0/s1. The molecule has 2 N–H and O–H groups in total. The largest absolute Gasteiger partial charge is 0.389 e. The number of aromatic nitrogens is 1. The Morgan fingerprint density at radius 2 is 2.47 bits per heavy atom. The average Bonchev–Trinajstić information content (AvgIpc) is 2.83. The molecule has 3 rings (SSSR count). The SMILES string of the molecule is Cc1cc(C(=O)N2CC[C@@]3(O)CCNC[C@H]3C2)no1. The van der Waals surface area contributed by atoms with Crippen LogP contribution in [0.15, 0.2) is 10.6 Å². The number of aryl methyl sites for hydroxylation is 1. The average molecular weight is 265 g/mol. The summed E-state index contributed by atoms with van der Waals surface area (Å²) in [6.07, 6.45) is 1.41. The molecule has 2 aliphatic heterocycles. The number of hydrogen-bond acceptors (Lipinski definition) is 5. The lowest BCUT2D eigenvalue weighted by molar-refractivity contribution is -0.0818. The van der Waals surface area contributed by atoms with Gasteiger partial charge in [0.05, 0.1) is 5.60 Å². The van der Waals surface area contributed by atoms with Crippen LogP contribution in [-0.2, 0) is 0 Å². The Kier molecular flexibility index (Phi) is 3.06. The maximum absolute atomic E-state index is 12.3. The van der Waals surface area contributed by atoms with E-state index in [1.165, 1.54) is 0 Å². The molecule has 2 saturated heterocycles. The maximum Gasteiger partial charge on any atom is 0.276 e. The molecular weight excluding hydrogens is 246 g/mol. The second-order valence-corrected chi connectivity index (χ2v) is 5.58. The van der Waals surface area contributed by atoms with Crippen LogP contribution in [0, 0.1) is 12.8 Å². The van der Waals surface area contributed by atoms with Gasteiger partial charge in [0.1, 0.15) is 5.76 Å². The quantitative estimate of drug-likeness (QED) is 0.757. The monoisotopic (exact) mass is 265 g/mol. The Balaban J connectivity index is 1.72. The number of likely N-dealkylation sites (tertiary alicyclic amines) is 1. The van der Waals surface area contributed by atoms with Gasteiger partial charge in [0.15, 0.2) is 5.69 Å². The summed E-state index contributed by atoms with van der Waals surface area (Å²) in [4.78, 5) is 14.1. The predicted octanol–water partition coefficient (Wildman–Crippen LogP) is 0.170. The van der Waals surface area contributed by atoms with Crippen molar-refractivity contribution in [3.8, 4) is 0 Å². The molecule has 6 heteroatoms. The number of amides is 1. The third-order valence-electron chi connectivity index (χ3n) is 4.28. The van der Waals surface area contributed by atoms with Crippen molar-refractivity contribution in [3.63, 3.8) is 0 Å². The zero-order chi connectivity index (χ0) is 13.5. The summed E-state index contributed by atoms with van der Waals surface area (Å²) < 4.78 is 4.94. The number of rotatable bonds is 1. The topological polar surface area (TPSA) is 78.6 Å². The molecular formula is C13H19N3O3. The molecule has 2 fully saturated rings. The first-order valence-electron chi connectivity index (χ1n) is 6.74. The highest BCUT2D eigenvalue weighted by Gasteiger charge is 2.44. The van der Waals surface area contributed by atoms with Gasteiger partial charge in [-0.2, -0.15) is 0 Å². The summed E-state index contributed by atoms with van der Waals surface area (Å²) in [7, 11) is 0. The number of carbonyl (C=O) groups excluding carboxylic acids is 1. The van der Waals surface area contributed by atoms with Crippen LogP contribution in [0.1, 0.15) is 29.1 Å². The van der Waals surface area contributed by atoms with Crippen molar-refractivity contribution in [2.75, 3.05) is 26.2 Å². The van der Waals surface area contributed by atoms with E-state index < -0.39 is 5.60 Å². The van der Waals surface area contributed by atoms with Crippen molar-refractivity contribution in [3.05, 3.63) is 17.5 Å². The normalized spacial score (nSPS) is 31.1. The van der Waals surface area contributed by atoms with E-state index in [-0.39, 0.29) is 11.8 Å². The van der Waals surface area contributed by atoms with E-state index in [2.05, 4.69) is 10.5 Å². The van der Waals surface area contributed by atoms with Crippen LogP contribution in [0.2, 0.25) is 0 Å². The lowest BCUT2D eigenvalue weighted by atomic mass is 9.76. The third kappa shape index (κ3) is 2.26. The molecule has 0 aromatic carbocycles. The highest BCUT2D eigenvalue weighted by atomic mass is 16.5. The van der Waals surface area contributed by atoms with E-state index in [0.29, 0.717) is 31.0 Å². The molecule has 0 bridgehead atoms. The number of fused-ring (bicyclic) bond motifs is 1. The van der Waals surface area contributed by atoms with Crippen LogP contribution in [0.5, 0.6) is 0 Å². The molecule has 6 nitrogen and oxygen atoms in total. The molecule has 0 spiro atoms. The highest BCUT2D eigenvalue weighted by Crippen LogP contribution is 2.33. The lowest BCUT2D eigenvalue weighted by Crippen LogP contribution is -2.59. The Hall–Kier alpha value is -1.40. The van der Waals surface area contributed by atoms with Gasteiger partial charge in [-0.25, -0.2) is 0 Å². The van der Waals surface area contributed by atoms with Crippen molar-refractivity contribution in [1.29, 1.82) is 0 Å². The Labute approximate surface area is 111 Å². The minimum Gasteiger partial charge on any atom is -0.389 e. The van der Waals surface area contributed by atoms with Crippen LogP contribution >= 0.6 is 0 Å². The molecule has 19 heavy (non-hydrogen) atoms. The Morgan fingerprint density at radius 1 is 1.63 bits per heavy atom. The van der Waals surface area contributed by atoms with Crippen LogP contribution < -0.4 is 5.32 Å². The smallest absolute Gasteiger partial charge is 0.276 e. The van der Waals surface area contributed by atoms with Gasteiger partial charge in [0.2, 0.25) is 0 Å². The van der Waals surface area contributed by atoms with Gasteiger partial charge in [-0.1, -0.05) is 5.16 Å². The van der Waals surface area contributed by atoms with E-state index in [1.54, 1.807) is 17.9 Å². The first-order valence-corrected chi connectivity index (χ1v) is 6.74. The lowest BCUT2D eigenvalue weighted by Gasteiger charge is -2.47. The summed E-state index contributed by atoms with van der Waals surface area (Å²) >= 11 is 0. The fourth-order valence-electron chi connectivity index (χ4n) is 3.04. The van der Waals surface area contributed by atoms with Gasteiger partial charge < -0.3 is 19.8 Å². The molecule has 0 saturated carbocycles. The zero-order valence-electron chi connectivity index (χ0n) is 11.1. The van der Waals surface area contributed by atoms with Gasteiger partial charge in [-0.05, 0) is 26.3 Å². The van der Waals surface area contributed by atoms with Gasteiger partial charge in [0.25, 0.3) is 5.91 Å². The molecule has 104 valence electrons. The summed E-state index contributed by atoms with van der Waals surface area (Å²) in [5.41, 5.74) is -0.256. The van der Waals surface area contributed by atoms with E-state index in [0.717, 1.165) is 19.5 Å². The fourth-order valence-corrected chi connectivity index (χ4v) is 3.04. The summed E-state index contributed by atoms with van der Waals surface area (Å²) in [6, 6.07) is 1.66. The van der Waals surface area contributed by atoms with Crippen LogP contribution in [-0.4, -0.2) is 52.9 Å². The number of carbonyl (C=O) groups is 1. The number of hydrogen-bond donors (Lipinski definition) is 2. The second kappa shape index (κ2) is 4.61. The highest BCUT2D eigenvalue weighted by molar-refractivity contribution is 5.92. The Morgan fingerprint density at radius 3 is 3.21 bits per heavy atom. The molecule has 2 aliphatic rings. The minimum atomic E-state index is -0.609. The van der Waals surface area contributed by atoms with E-state index in [1.807, 2.05) is 0 Å². The van der Waals surface area contributed by atoms with Crippen molar-refractivity contribution in [1.82, 2.24) is 15.4 Å². The van der Waals surface area contributed by atoms with E-state index >= 15 is 0 Å². The zero-order valence-corrected chi connectivity index (χ0v) is 11.1. The molecule has 0 unspecified atom stereocenters. The summed E-state index contributed by atoms with van der Waals surface area (Å²) in [6.45, 7) is 4.54. The number of piperidine rings is 2. The number of nitrogens with zero attached hydrogens (tertiary/aromatic N) is 2. The number of aliphatic hydroxyl groups is 1. The molecule has 1 aromatic heterocycles. The van der Waals surface area contributed by atoms with E-state index in [9.17, 15) is 9.90 Å². The van der Waals surface area contributed by atoms with Gasteiger partial charge >= 0.3 is 0 Å². The maximum atomic E-state index is 12.3. The van der Waals surface area contributed by atoms with Crippen LogP contribution in [0.3, 0.4) is 0 Å². The minimum absolute atomic E-state index is 0.104. The van der Waals surface area contributed by atoms with Gasteiger partial charge in [0, 0.05) is 31.6 Å². The van der Waals surface area contributed by atoms with Crippen LogP contribution in [0.4, 0.5) is 0 Å². The third-order valence-corrected chi connectivity index (χ3v) is 4.28. The van der Waals surface area contributed by atoms with E-state index in [4.69, 9.17) is 4.52 Å². The first kappa shape index (κ1) is 12.6. The second-order valence-electron chi connectivity index (χ2n) is 5.58. The predicted molar refractivity (Wildman–Crippen MR) is 67.7 cm³/mol. The molecule has 1 aromatic rings. The number of nitrogens with one attached hydrogen (secondary N) is 1. The summed E-state index contributed by atoms with van der Waals surface area (Å²) in [5, 5.41) is 17.6. The van der Waals surface area contributed by atoms with Crippen LogP contribution in [0.25, 0.3) is 0 Å². The van der Waals surface area contributed by atoms with Crippen molar-refractivity contribution in [2.24, 2.45) is 5.92 Å². The molecule has 0 radical (unpaired) electrons. The molecule has 1 amide bonds. The fraction of sp³-hybridized carbons (Fsp3) is 0.692. The van der Waals surface area contributed by atoms with Crippen molar-refractivity contribution >= 4 is 5.91 Å². The van der Waals surface area contributed by atoms with Gasteiger partial charge in [-0.3, -0.25) is 4.79 Å².